The summed E-state index contributed by atoms with van der Waals surface area (Å²) < 4.78 is 33.1. The van der Waals surface area contributed by atoms with Crippen LogP contribution in [0.3, 0.4) is 0 Å². The summed E-state index contributed by atoms with van der Waals surface area (Å²) in [5.41, 5.74) is 2.67. The first-order valence-electron chi connectivity index (χ1n) is 10.2. The van der Waals surface area contributed by atoms with Crippen molar-refractivity contribution in [3.8, 4) is 0 Å². The Balaban J connectivity index is 1.88. The maximum atomic E-state index is 13.2. The molecule has 1 fully saturated rings. The van der Waals surface area contributed by atoms with Crippen LogP contribution in [0.15, 0.2) is 47.4 Å². The molecule has 30 heavy (non-hydrogen) atoms. The number of carbonyl (C=O) groups excluding carboxylic acids is 1. The van der Waals surface area contributed by atoms with Gasteiger partial charge in [-0.05, 0) is 49.2 Å². The van der Waals surface area contributed by atoms with Crippen LogP contribution in [0.2, 0.25) is 0 Å². The molecule has 0 spiro atoms. The summed E-state index contributed by atoms with van der Waals surface area (Å²) in [4.78, 5) is 15.1. The van der Waals surface area contributed by atoms with E-state index < -0.39 is 10.0 Å². The first-order valence-corrected chi connectivity index (χ1v) is 11.6. The minimum absolute atomic E-state index is 0.194. The highest BCUT2D eigenvalue weighted by Gasteiger charge is 2.29. The van der Waals surface area contributed by atoms with Gasteiger partial charge in [-0.1, -0.05) is 19.1 Å². The molecule has 8 heteroatoms. The molecule has 0 radical (unpaired) electrons. The molecule has 0 aromatic heterocycles. The van der Waals surface area contributed by atoms with Crippen LogP contribution >= 0.6 is 0 Å². The zero-order valence-electron chi connectivity index (χ0n) is 17.7. The molecule has 1 heterocycles. The highest BCUT2D eigenvalue weighted by molar-refractivity contribution is 7.89. The molecule has 0 atom stereocenters. The SMILES string of the molecule is CCc1ccc(C(=O)Nc2cccc(N(C)CC)c2)cc1S(=O)(=O)N1CCOCC1. The molecule has 1 N–H and O–H groups in total. The number of carbonyl (C=O) groups is 1. The molecule has 0 saturated carbocycles. The van der Waals surface area contributed by atoms with Crippen molar-refractivity contribution in [2.45, 2.75) is 25.2 Å². The quantitative estimate of drug-likeness (QED) is 0.729. The van der Waals surface area contributed by atoms with E-state index in [1.807, 2.05) is 38.2 Å². The standard InChI is InChI=1S/C22H29N3O4S/c1-4-17-9-10-18(15-21(17)30(27,28)25-11-13-29-14-12-25)22(26)23-19-7-6-8-20(16-19)24(3)5-2/h6-10,15-16H,4-5,11-14H2,1-3H3,(H,23,26). The number of benzene rings is 2. The zero-order chi connectivity index (χ0) is 21.7. The number of nitrogens with zero attached hydrogens (tertiary/aromatic N) is 2. The Kier molecular flexibility index (Phi) is 7.12. The van der Waals surface area contributed by atoms with E-state index in [1.165, 1.54) is 10.4 Å². The van der Waals surface area contributed by atoms with E-state index in [-0.39, 0.29) is 10.8 Å². The molecular formula is C22H29N3O4S. The molecule has 0 aliphatic carbocycles. The molecule has 2 aromatic rings. The highest BCUT2D eigenvalue weighted by atomic mass is 32.2. The Bertz CT molecular complexity index is 1000. The number of anilines is 2. The van der Waals surface area contributed by atoms with Gasteiger partial charge in [0.2, 0.25) is 10.0 Å². The van der Waals surface area contributed by atoms with Crippen LogP contribution in [0.4, 0.5) is 11.4 Å². The van der Waals surface area contributed by atoms with Gasteiger partial charge in [0.25, 0.3) is 5.91 Å². The fraction of sp³-hybridized carbons (Fsp3) is 0.409. The third kappa shape index (κ3) is 4.83. The van der Waals surface area contributed by atoms with Gasteiger partial charge in [0.1, 0.15) is 0 Å². The van der Waals surface area contributed by atoms with E-state index in [4.69, 9.17) is 4.74 Å². The zero-order valence-corrected chi connectivity index (χ0v) is 18.5. The van der Waals surface area contributed by atoms with E-state index in [2.05, 4.69) is 17.1 Å². The van der Waals surface area contributed by atoms with Gasteiger partial charge < -0.3 is 15.0 Å². The summed E-state index contributed by atoms with van der Waals surface area (Å²) >= 11 is 0. The molecule has 1 amide bonds. The Hall–Kier alpha value is -2.42. The number of hydrogen-bond acceptors (Lipinski definition) is 5. The van der Waals surface area contributed by atoms with Gasteiger partial charge in [0.15, 0.2) is 0 Å². The Labute approximate surface area is 178 Å². The second kappa shape index (κ2) is 9.59. The van der Waals surface area contributed by atoms with Gasteiger partial charge in [0.05, 0.1) is 18.1 Å². The topological polar surface area (TPSA) is 79.0 Å². The van der Waals surface area contributed by atoms with Gasteiger partial charge >= 0.3 is 0 Å². The Morgan fingerprint density at radius 3 is 2.53 bits per heavy atom. The summed E-state index contributed by atoms with van der Waals surface area (Å²) in [7, 11) is -1.71. The van der Waals surface area contributed by atoms with Gasteiger partial charge in [0, 0.05) is 43.6 Å². The second-order valence-electron chi connectivity index (χ2n) is 7.21. The number of amides is 1. The minimum atomic E-state index is -3.69. The van der Waals surface area contributed by atoms with Gasteiger partial charge in [-0.2, -0.15) is 4.31 Å². The van der Waals surface area contributed by atoms with Crippen molar-refractivity contribution in [3.05, 3.63) is 53.6 Å². The van der Waals surface area contributed by atoms with Gasteiger partial charge in [-0.3, -0.25) is 4.79 Å². The first kappa shape index (κ1) is 22.3. The Morgan fingerprint density at radius 2 is 1.87 bits per heavy atom. The molecule has 3 rings (SSSR count). The van der Waals surface area contributed by atoms with Crippen molar-refractivity contribution in [3.63, 3.8) is 0 Å². The third-order valence-electron chi connectivity index (χ3n) is 5.32. The molecule has 7 nitrogen and oxygen atoms in total. The summed E-state index contributed by atoms with van der Waals surface area (Å²) in [5, 5.41) is 2.88. The van der Waals surface area contributed by atoms with E-state index >= 15 is 0 Å². The largest absolute Gasteiger partial charge is 0.379 e. The van der Waals surface area contributed by atoms with Crippen LogP contribution in [0.1, 0.15) is 29.8 Å². The van der Waals surface area contributed by atoms with Crippen molar-refractivity contribution >= 4 is 27.3 Å². The molecule has 0 unspecified atom stereocenters. The number of ether oxygens (including phenoxy) is 1. The molecule has 1 saturated heterocycles. The van der Waals surface area contributed by atoms with Crippen LogP contribution in [-0.2, 0) is 21.2 Å². The predicted octanol–water partition coefficient (Wildman–Crippen LogP) is 2.98. The summed E-state index contributed by atoms with van der Waals surface area (Å²) in [6.45, 7) is 6.20. The molecular weight excluding hydrogens is 402 g/mol. The number of nitrogens with one attached hydrogen (secondary N) is 1. The molecule has 1 aliphatic rings. The summed E-state index contributed by atoms with van der Waals surface area (Å²) in [6.07, 6.45) is 0.562. The maximum Gasteiger partial charge on any atom is 0.255 e. The van der Waals surface area contributed by atoms with Crippen molar-refractivity contribution in [1.82, 2.24) is 4.31 Å². The average Bonchev–Trinajstić information content (AvgIpc) is 2.78. The second-order valence-corrected chi connectivity index (χ2v) is 9.12. The normalized spacial score (nSPS) is 15.0. The van der Waals surface area contributed by atoms with Crippen molar-refractivity contribution < 1.29 is 17.9 Å². The van der Waals surface area contributed by atoms with Crippen molar-refractivity contribution in [2.75, 3.05) is 50.1 Å². The monoisotopic (exact) mass is 431 g/mol. The van der Waals surface area contributed by atoms with E-state index in [1.54, 1.807) is 12.1 Å². The average molecular weight is 432 g/mol. The van der Waals surface area contributed by atoms with Crippen LogP contribution in [0.25, 0.3) is 0 Å². The lowest BCUT2D eigenvalue weighted by Gasteiger charge is -2.27. The van der Waals surface area contributed by atoms with Gasteiger partial charge in [-0.25, -0.2) is 8.42 Å². The lowest BCUT2D eigenvalue weighted by molar-refractivity contribution is 0.0730. The van der Waals surface area contributed by atoms with Crippen molar-refractivity contribution in [1.29, 1.82) is 0 Å². The van der Waals surface area contributed by atoms with Crippen LogP contribution in [-0.4, -0.2) is 58.5 Å². The number of sulfonamides is 1. The van der Waals surface area contributed by atoms with Gasteiger partial charge in [-0.15, -0.1) is 0 Å². The van der Waals surface area contributed by atoms with E-state index in [0.717, 1.165) is 12.2 Å². The molecule has 0 bridgehead atoms. The number of rotatable bonds is 7. The Morgan fingerprint density at radius 1 is 1.13 bits per heavy atom. The first-order chi connectivity index (χ1) is 14.4. The third-order valence-corrected chi connectivity index (χ3v) is 7.30. The lowest BCUT2D eigenvalue weighted by Crippen LogP contribution is -2.41. The predicted molar refractivity (Wildman–Crippen MR) is 119 cm³/mol. The maximum absolute atomic E-state index is 13.2. The number of hydrogen-bond donors (Lipinski definition) is 1. The fourth-order valence-electron chi connectivity index (χ4n) is 3.36. The van der Waals surface area contributed by atoms with Crippen LogP contribution < -0.4 is 10.2 Å². The van der Waals surface area contributed by atoms with E-state index in [0.29, 0.717) is 49.5 Å². The number of morpholine rings is 1. The minimum Gasteiger partial charge on any atom is -0.379 e. The van der Waals surface area contributed by atoms with Crippen molar-refractivity contribution in [2.24, 2.45) is 0 Å². The highest BCUT2D eigenvalue weighted by Crippen LogP contribution is 2.25. The smallest absolute Gasteiger partial charge is 0.255 e. The number of aryl methyl sites for hydroxylation is 1. The molecule has 162 valence electrons. The summed E-state index contributed by atoms with van der Waals surface area (Å²) in [5.74, 6) is -0.340. The lowest BCUT2D eigenvalue weighted by atomic mass is 10.1. The van der Waals surface area contributed by atoms with E-state index in [9.17, 15) is 13.2 Å². The fourth-order valence-corrected chi connectivity index (χ4v) is 5.09. The van der Waals surface area contributed by atoms with Crippen LogP contribution in [0, 0.1) is 0 Å². The molecule has 2 aromatic carbocycles. The molecule has 1 aliphatic heterocycles. The summed E-state index contributed by atoms with van der Waals surface area (Å²) in [6, 6.07) is 12.5. The van der Waals surface area contributed by atoms with Crippen LogP contribution in [0.5, 0.6) is 0 Å².